The number of anilines is 1. The highest BCUT2D eigenvalue weighted by molar-refractivity contribution is 5.44. The van der Waals surface area contributed by atoms with Gasteiger partial charge in [-0.25, -0.2) is 0 Å². The van der Waals surface area contributed by atoms with E-state index in [1.54, 1.807) is 6.20 Å². The zero-order valence-corrected chi connectivity index (χ0v) is 12.5. The van der Waals surface area contributed by atoms with Crippen molar-refractivity contribution in [1.82, 2.24) is 15.2 Å². The van der Waals surface area contributed by atoms with Gasteiger partial charge in [0.1, 0.15) is 0 Å². The highest BCUT2D eigenvalue weighted by Gasteiger charge is 2.12. The summed E-state index contributed by atoms with van der Waals surface area (Å²) in [7, 11) is 0. The van der Waals surface area contributed by atoms with Gasteiger partial charge in [-0.15, -0.1) is 0 Å². The minimum Gasteiger partial charge on any atom is -0.398 e. The summed E-state index contributed by atoms with van der Waals surface area (Å²) in [6.45, 7) is 10.9. The van der Waals surface area contributed by atoms with Crippen molar-refractivity contribution in [3.63, 3.8) is 0 Å². The molecule has 108 valence electrons. The van der Waals surface area contributed by atoms with Gasteiger partial charge in [-0.1, -0.05) is 20.8 Å². The van der Waals surface area contributed by atoms with Gasteiger partial charge in [0.05, 0.1) is 0 Å². The van der Waals surface area contributed by atoms with Crippen molar-refractivity contribution in [2.75, 3.05) is 31.9 Å². The highest BCUT2D eigenvalue weighted by atomic mass is 15.1. The van der Waals surface area contributed by atoms with Gasteiger partial charge >= 0.3 is 0 Å². The maximum absolute atomic E-state index is 6.00. The lowest BCUT2D eigenvalue weighted by molar-refractivity contribution is 0.281. The van der Waals surface area contributed by atoms with E-state index in [4.69, 9.17) is 5.73 Å². The van der Waals surface area contributed by atoms with Gasteiger partial charge in [0, 0.05) is 24.1 Å². The molecule has 3 N–H and O–H groups in total. The third-order valence-corrected chi connectivity index (χ3v) is 3.59. The summed E-state index contributed by atoms with van der Waals surface area (Å²) in [5.74, 6) is 0. The second-order valence-corrected chi connectivity index (χ2v) is 4.85. The van der Waals surface area contributed by atoms with Crippen LogP contribution in [0.3, 0.4) is 0 Å². The van der Waals surface area contributed by atoms with Crippen LogP contribution in [0.4, 0.5) is 5.69 Å². The normalized spacial score (nSPS) is 12.8. The third kappa shape index (κ3) is 5.57. The highest BCUT2D eigenvalue weighted by Crippen LogP contribution is 2.13. The van der Waals surface area contributed by atoms with Crippen molar-refractivity contribution >= 4 is 5.69 Å². The molecule has 0 saturated heterocycles. The molecular formula is C15H28N4. The van der Waals surface area contributed by atoms with Crippen molar-refractivity contribution in [2.45, 2.75) is 39.7 Å². The van der Waals surface area contributed by atoms with Crippen LogP contribution in [0, 0.1) is 0 Å². The van der Waals surface area contributed by atoms with Crippen molar-refractivity contribution in [3.05, 3.63) is 24.0 Å². The van der Waals surface area contributed by atoms with E-state index < -0.39 is 0 Å². The lowest BCUT2D eigenvalue weighted by atomic mass is 10.0. The summed E-state index contributed by atoms with van der Waals surface area (Å²) in [6.07, 6.45) is 5.73. The molecular weight excluding hydrogens is 236 g/mol. The van der Waals surface area contributed by atoms with Crippen LogP contribution < -0.4 is 11.1 Å². The molecule has 1 rings (SSSR count). The Morgan fingerprint density at radius 1 is 1.32 bits per heavy atom. The molecule has 0 bridgehead atoms. The van der Waals surface area contributed by atoms with E-state index in [0.717, 1.165) is 50.3 Å². The SMILES string of the molecule is CCNC(CCN(CC)CC)Cc1cnccc1N. The van der Waals surface area contributed by atoms with E-state index in [1.807, 2.05) is 12.3 Å². The Hall–Kier alpha value is -1.13. The molecule has 1 heterocycles. The molecule has 0 fully saturated rings. The molecule has 0 aliphatic heterocycles. The number of pyridine rings is 1. The van der Waals surface area contributed by atoms with Gasteiger partial charge in [-0.3, -0.25) is 4.98 Å². The van der Waals surface area contributed by atoms with E-state index in [-0.39, 0.29) is 0 Å². The van der Waals surface area contributed by atoms with Gasteiger partial charge in [-0.2, -0.15) is 0 Å². The van der Waals surface area contributed by atoms with Crippen LogP contribution in [0.5, 0.6) is 0 Å². The topological polar surface area (TPSA) is 54.2 Å². The van der Waals surface area contributed by atoms with Crippen molar-refractivity contribution in [2.24, 2.45) is 0 Å². The number of nitrogens with zero attached hydrogens (tertiary/aromatic N) is 2. The maximum Gasteiger partial charge on any atom is 0.0378 e. The Labute approximate surface area is 117 Å². The van der Waals surface area contributed by atoms with Gasteiger partial charge in [-0.05, 0) is 50.7 Å². The zero-order chi connectivity index (χ0) is 14.1. The number of nitrogens with two attached hydrogens (primary N) is 1. The summed E-state index contributed by atoms with van der Waals surface area (Å²) in [6, 6.07) is 2.35. The Morgan fingerprint density at radius 3 is 2.63 bits per heavy atom. The summed E-state index contributed by atoms with van der Waals surface area (Å²) in [5, 5.41) is 3.55. The first kappa shape index (κ1) is 15.9. The summed E-state index contributed by atoms with van der Waals surface area (Å²) >= 11 is 0. The average molecular weight is 264 g/mol. The second-order valence-electron chi connectivity index (χ2n) is 4.85. The molecule has 0 spiro atoms. The number of hydrogen-bond acceptors (Lipinski definition) is 4. The number of rotatable bonds is 9. The van der Waals surface area contributed by atoms with Gasteiger partial charge in [0.2, 0.25) is 0 Å². The van der Waals surface area contributed by atoms with E-state index in [0.29, 0.717) is 6.04 Å². The van der Waals surface area contributed by atoms with Crippen LogP contribution in [0.25, 0.3) is 0 Å². The fourth-order valence-corrected chi connectivity index (χ4v) is 2.32. The number of aromatic nitrogens is 1. The molecule has 0 aliphatic rings. The number of nitrogens with one attached hydrogen (secondary N) is 1. The lowest BCUT2D eigenvalue weighted by Crippen LogP contribution is -2.36. The molecule has 0 amide bonds. The van der Waals surface area contributed by atoms with E-state index in [1.165, 1.54) is 0 Å². The van der Waals surface area contributed by atoms with Crippen LogP contribution in [0.1, 0.15) is 32.8 Å². The van der Waals surface area contributed by atoms with Gasteiger partial charge in [0.15, 0.2) is 0 Å². The van der Waals surface area contributed by atoms with Crippen molar-refractivity contribution in [1.29, 1.82) is 0 Å². The molecule has 0 aliphatic carbocycles. The monoisotopic (exact) mass is 264 g/mol. The minimum absolute atomic E-state index is 0.470. The molecule has 0 aromatic carbocycles. The van der Waals surface area contributed by atoms with Crippen LogP contribution >= 0.6 is 0 Å². The molecule has 1 unspecified atom stereocenters. The Balaban J connectivity index is 2.55. The van der Waals surface area contributed by atoms with Gasteiger partial charge in [0.25, 0.3) is 0 Å². The summed E-state index contributed by atoms with van der Waals surface area (Å²) < 4.78 is 0. The second kappa shape index (κ2) is 8.88. The predicted molar refractivity (Wildman–Crippen MR) is 82.2 cm³/mol. The molecule has 1 atom stereocenters. The van der Waals surface area contributed by atoms with E-state index in [2.05, 4.69) is 36.0 Å². The predicted octanol–water partition coefficient (Wildman–Crippen LogP) is 1.92. The molecule has 19 heavy (non-hydrogen) atoms. The van der Waals surface area contributed by atoms with Crippen LogP contribution in [-0.4, -0.2) is 42.1 Å². The number of likely N-dealkylation sites (N-methyl/N-ethyl adjacent to an activating group) is 1. The first-order valence-corrected chi connectivity index (χ1v) is 7.35. The standard InChI is InChI=1S/C15H28N4/c1-4-18-14(8-10-19(5-2)6-3)11-13-12-17-9-7-15(13)16/h7,9,12,14,18H,4-6,8,10-11H2,1-3H3,(H2,16,17). The smallest absolute Gasteiger partial charge is 0.0378 e. The first-order valence-electron chi connectivity index (χ1n) is 7.35. The number of hydrogen-bond donors (Lipinski definition) is 2. The first-order chi connectivity index (χ1) is 9.21. The average Bonchev–Trinajstić information content (AvgIpc) is 2.42. The fraction of sp³-hybridized carbons (Fsp3) is 0.667. The molecule has 1 aromatic rings. The molecule has 4 heteroatoms. The van der Waals surface area contributed by atoms with Gasteiger partial charge < -0.3 is 16.0 Å². The van der Waals surface area contributed by atoms with Crippen molar-refractivity contribution in [3.8, 4) is 0 Å². The molecule has 0 saturated carbocycles. The lowest BCUT2D eigenvalue weighted by Gasteiger charge is -2.23. The minimum atomic E-state index is 0.470. The zero-order valence-electron chi connectivity index (χ0n) is 12.5. The molecule has 0 radical (unpaired) electrons. The fourth-order valence-electron chi connectivity index (χ4n) is 2.32. The summed E-state index contributed by atoms with van der Waals surface area (Å²) in [5.41, 5.74) is 7.99. The molecule has 4 nitrogen and oxygen atoms in total. The van der Waals surface area contributed by atoms with E-state index in [9.17, 15) is 0 Å². The largest absolute Gasteiger partial charge is 0.398 e. The van der Waals surface area contributed by atoms with Crippen LogP contribution in [-0.2, 0) is 6.42 Å². The van der Waals surface area contributed by atoms with Crippen molar-refractivity contribution < 1.29 is 0 Å². The Bertz CT molecular complexity index is 350. The Morgan fingerprint density at radius 2 is 2.05 bits per heavy atom. The Kier molecular flexibility index (Phi) is 7.45. The molecule has 1 aromatic heterocycles. The van der Waals surface area contributed by atoms with Crippen LogP contribution in [0.2, 0.25) is 0 Å². The van der Waals surface area contributed by atoms with E-state index >= 15 is 0 Å². The van der Waals surface area contributed by atoms with Crippen LogP contribution in [0.15, 0.2) is 18.5 Å². The number of nitrogen functional groups attached to an aromatic ring is 1. The third-order valence-electron chi connectivity index (χ3n) is 3.59. The quantitative estimate of drug-likeness (QED) is 0.715. The summed E-state index contributed by atoms with van der Waals surface area (Å²) in [4.78, 5) is 6.62. The maximum atomic E-state index is 6.00.